The molecule has 0 aliphatic carbocycles. The van der Waals surface area contributed by atoms with Crippen molar-refractivity contribution in [2.24, 2.45) is 0 Å². The minimum Gasteiger partial charge on any atom is -0.507 e. The summed E-state index contributed by atoms with van der Waals surface area (Å²) in [6, 6.07) is 11.4. The minimum atomic E-state index is 0.209. The van der Waals surface area contributed by atoms with Crippen molar-refractivity contribution in [2.75, 3.05) is 0 Å². The zero-order chi connectivity index (χ0) is 15.1. The van der Waals surface area contributed by atoms with Gasteiger partial charge in [0.15, 0.2) is 0 Å². The number of hydrogen-bond donors (Lipinski definition) is 1. The van der Waals surface area contributed by atoms with Crippen LogP contribution in [0.1, 0.15) is 19.9 Å². The highest BCUT2D eigenvalue weighted by Gasteiger charge is 2.18. The Hall–Kier alpha value is -1.27. The quantitative estimate of drug-likeness (QED) is 0.584. The average molecular weight is 413 g/mol. The van der Waals surface area contributed by atoms with E-state index < -0.39 is 0 Å². The molecule has 1 aromatic heterocycles. The summed E-state index contributed by atoms with van der Waals surface area (Å²) in [5.41, 5.74) is 2.59. The Morgan fingerprint density at radius 3 is 2.67 bits per heavy atom. The van der Waals surface area contributed by atoms with Crippen LogP contribution in [0, 0.1) is 3.57 Å². The maximum Gasteiger partial charge on any atom is 0.145 e. The lowest BCUT2D eigenvalue weighted by Gasteiger charge is -2.14. The molecule has 0 unspecified atom stereocenters. The molecular formula is C16H14ClIN2O. The van der Waals surface area contributed by atoms with Gasteiger partial charge in [-0.3, -0.25) is 0 Å². The second-order valence-corrected chi connectivity index (χ2v) is 6.88. The molecule has 0 aliphatic heterocycles. The molecule has 0 aliphatic rings. The van der Waals surface area contributed by atoms with Gasteiger partial charge in [0.1, 0.15) is 11.6 Å². The van der Waals surface area contributed by atoms with E-state index in [-0.39, 0.29) is 11.8 Å². The second-order valence-electron chi connectivity index (χ2n) is 5.19. The Kier molecular flexibility index (Phi) is 3.84. The van der Waals surface area contributed by atoms with Crippen LogP contribution in [-0.2, 0) is 0 Å². The zero-order valence-electron chi connectivity index (χ0n) is 11.6. The van der Waals surface area contributed by atoms with Crippen molar-refractivity contribution in [3.05, 3.63) is 45.0 Å². The van der Waals surface area contributed by atoms with Crippen LogP contribution in [0.2, 0.25) is 5.02 Å². The molecule has 21 heavy (non-hydrogen) atoms. The van der Waals surface area contributed by atoms with Gasteiger partial charge < -0.3 is 9.67 Å². The highest BCUT2D eigenvalue weighted by atomic mass is 127. The molecule has 0 spiro atoms. The smallest absolute Gasteiger partial charge is 0.145 e. The topological polar surface area (TPSA) is 38.0 Å². The number of fused-ring (bicyclic) bond motifs is 1. The zero-order valence-corrected chi connectivity index (χ0v) is 14.6. The Morgan fingerprint density at radius 1 is 1.19 bits per heavy atom. The van der Waals surface area contributed by atoms with Crippen LogP contribution >= 0.6 is 34.2 Å². The second kappa shape index (κ2) is 5.50. The van der Waals surface area contributed by atoms with Gasteiger partial charge in [-0.05, 0) is 72.8 Å². The van der Waals surface area contributed by atoms with Gasteiger partial charge in [-0.1, -0.05) is 11.6 Å². The summed E-state index contributed by atoms with van der Waals surface area (Å²) in [5.74, 6) is 0.997. The molecule has 0 bridgehead atoms. The molecule has 0 atom stereocenters. The van der Waals surface area contributed by atoms with Crippen LogP contribution in [0.3, 0.4) is 0 Å². The van der Waals surface area contributed by atoms with E-state index in [1.54, 1.807) is 6.07 Å². The monoisotopic (exact) mass is 412 g/mol. The summed E-state index contributed by atoms with van der Waals surface area (Å²) in [5, 5.41) is 10.9. The molecule has 0 amide bonds. The fourth-order valence-electron chi connectivity index (χ4n) is 2.47. The summed E-state index contributed by atoms with van der Waals surface area (Å²) in [6.45, 7) is 4.19. The number of phenols is 1. The number of halogens is 2. The first-order valence-electron chi connectivity index (χ1n) is 6.63. The highest BCUT2D eigenvalue weighted by Crippen LogP contribution is 2.35. The average Bonchev–Trinajstić information content (AvgIpc) is 2.79. The van der Waals surface area contributed by atoms with E-state index in [4.69, 9.17) is 11.6 Å². The van der Waals surface area contributed by atoms with Gasteiger partial charge in [0.2, 0.25) is 0 Å². The predicted molar refractivity (Wildman–Crippen MR) is 94.9 cm³/mol. The van der Waals surface area contributed by atoms with Crippen LogP contribution in [0.4, 0.5) is 0 Å². The molecular weight excluding hydrogens is 399 g/mol. The Labute approximate surface area is 141 Å². The van der Waals surface area contributed by atoms with E-state index in [9.17, 15) is 5.11 Å². The van der Waals surface area contributed by atoms with Gasteiger partial charge in [0, 0.05) is 14.6 Å². The van der Waals surface area contributed by atoms with E-state index in [0.717, 1.165) is 26.0 Å². The molecule has 0 saturated heterocycles. The number of rotatable bonds is 2. The maximum absolute atomic E-state index is 10.2. The van der Waals surface area contributed by atoms with Gasteiger partial charge >= 0.3 is 0 Å². The van der Waals surface area contributed by atoms with Crippen molar-refractivity contribution in [2.45, 2.75) is 19.9 Å². The number of aromatic hydroxyl groups is 1. The van der Waals surface area contributed by atoms with Crippen molar-refractivity contribution < 1.29 is 5.11 Å². The third-order valence-corrected chi connectivity index (χ3v) is 4.27. The summed E-state index contributed by atoms with van der Waals surface area (Å²) in [4.78, 5) is 4.69. The number of phenolic OH excluding ortho intramolecular Hbond substituents is 1. The van der Waals surface area contributed by atoms with E-state index in [1.807, 2.05) is 30.3 Å². The molecule has 0 radical (unpaired) electrons. The molecule has 1 N–H and O–H groups in total. The van der Waals surface area contributed by atoms with Crippen molar-refractivity contribution >= 4 is 45.2 Å². The highest BCUT2D eigenvalue weighted by molar-refractivity contribution is 14.1. The maximum atomic E-state index is 10.2. The van der Waals surface area contributed by atoms with Crippen LogP contribution in [0.25, 0.3) is 22.4 Å². The number of benzene rings is 2. The van der Waals surface area contributed by atoms with Crippen LogP contribution in [0.5, 0.6) is 5.75 Å². The van der Waals surface area contributed by atoms with E-state index in [1.165, 1.54) is 0 Å². The van der Waals surface area contributed by atoms with Crippen molar-refractivity contribution in [3.8, 4) is 17.1 Å². The molecule has 3 rings (SSSR count). The normalized spacial score (nSPS) is 11.5. The van der Waals surface area contributed by atoms with Crippen molar-refractivity contribution in [3.63, 3.8) is 0 Å². The standard InChI is InChI=1S/C16H14ClIN2O/c1-9(2)20-14-7-10(17)3-5-13(14)19-16(20)12-8-11(18)4-6-15(12)21/h3-9,21H,1-2H3. The van der Waals surface area contributed by atoms with E-state index >= 15 is 0 Å². The fourth-order valence-corrected chi connectivity index (χ4v) is 3.12. The SMILES string of the molecule is CC(C)n1c(-c2cc(I)ccc2O)nc2ccc(Cl)cc21. The fraction of sp³-hybridized carbons (Fsp3) is 0.188. The number of imidazole rings is 1. The van der Waals surface area contributed by atoms with E-state index in [2.05, 4.69) is 46.0 Å². The lowest BCUT2D eigenvalue weighted by molar-refractivity contribution is 0.476. The minimum absolute atomic E-state index is 0.209. The first-order valence-corrected chi connectivity index (χ1v) is 8.09. The molecule has 0 saturated carbocycles. The van der Waals surface area contributed by atoms with Crippen LogP contribution in [-0.4, -0.2) is 14.7 Å². The number of hydrogen-bond acceptors (Lipinski definition) is 2. The third-order valence-electron chi connectivity index (χ3n) is 3.37. The van der Waals surface area contributed by atoms with Gasteiger partial charge in [-0.15, -0.1) is 0 Å². The lowest BCUT2D eigenvalue weighted by Crippen LogP contribution is -2.03. The molecule has 108 valence electrons. The van der Waals surface area contributed by atoms with Crippen LogP contribution in [0.15, 0.2) is 36.4 Å². The Morgan fingerprint density at radius 2 is 1.95 bits per heavy atom. The molecule has 3 nitrogen and oxygen atoms in total. The summed E-state index contributed by atoms with van der Waals surface area (Å²) in [6.07, 6.45) is 0. The third kappa shape index (κ3) is 2.62. The Bertz CT molecular complexity index is 827. The van der Waals surface area contributed by atoms with Gasteiger partial charge in [0.05, 0.1) is 16.6 Å². The van der Waals surface area contributed by atoms with Gasteiger partial charge in [-0.2, -0.15) is 0 Å². The largest absolute Gasteiger partial charge is 0.507 e. The first kappa shape index (κ1) is 14.7. The first-order chi connectivity index (χ1) is 9.97. The molecule has 5 heteroatoms. The van der Waals surface area contributed by atoms with Gasteiger partial charge in [-0.25, -0.2) is 4.98 Å². The van der Waals surface area contributed by atoms with Crippen molar-refractivity contribution in [1.29, 1.82) is 0 Å². The lowest BCUT2D eigenvalue weighted by atomic mass is 10.2. The van der Waals surface area contributed by atoms with Gasteiger partial charge in [0.25, 0.3) is 0 Å². The summed E-state index contributed by atoms with van der Waals surface area (Å²) < 4.78 is 3.16. The molecule has 3 aromatic rings. The Balaban J connectivity index is 2.36. The van der Waals surface area contributed by atoms with E-state index in [0.29, 0.717) is 5.02 Å². The van der Waals surface area contributed by atoms with Crippen molar-refractivity contribution in [1.82, 2.24) is 9.55 Å². The summed E-state index contributed by atoms with van der Waals surface area (Å²) in [7, 11) is 0. The predicted octanol–water partition coefficient (Wildman–Crippen LogP) is 5.25. The number of aromatic nitrogens is 2. The summed E-state index contributed by atoms with van der Waals surface area (Å²) >= 11 is 8.35. The molecule has 1 heterocycles. The number of nitrogens with zero attached hydrogens (tertiary/aromatic N) is 2. The molecule has 2 aromatic carbocycles. The van der Waals surface area contributed by atoms with Crippen LogP contribution < -0.4 is 0 Å². The molecule has 0 fully saturated rings.